The number of aryl methyl sites for hydroxylation is 1. The zero-order valence-electron chi connectivity index (χ0n) is 22.2. The maximum Gasteiger partial charge on any atom is 0.353 e. The minimum atomic E-state index is -0.887. The predicted molar refractivity (Wildman–Crippen MR) is 147 cm³/mol. The molecule has 1 aromatic heterocycles. The average molecular weight is 519 g/mol. The number of unbranched alkanes of at least 4 members (excludes halogenated alkanes) is 1. The van der Waals surface area contributed by atoms with E-state index in [1.54, 1.807) is 4.90 Å². The van der Waals surface area contributed by atoms with E-state index >= 15 is 0 Å². The van der Waals surface area contributed by atoms with Gasteiger partial charge in [0, 0.05) is 36.9 Å². The van der Waals surface area contributed by atoms with Gasteiger partial charge in [-0.1, -0.05) is 49.4 Å². The van der Waals surface area contributed by atoms with E-state index < -0.39 is 11.9 Å². The first-order chi connectivity index (χ1) is 18.4. The molecule has 1 aliphatic rings. The van der Waals surface area contributed by atoms with E-state index in [1.807, 2.05) is 55.5 Å². The van der Waals surface area contributed by atoms with Crippen LogP contribution in [0.3, 0.4) is 0 Å². The van der Waals surface area contributed by atoms with Gasteiger partial charge in [0.05, 0.1) is 5.92 Å². The molecule has 0 saturated carbocycles. The minimum absolute atomic E-state index is 0.0471. The normalized spacial score (nSPS) is 16.1. The highest BCUT2D eigenvalue weighted by Crippen LogP contribution is 2.28. The van der Waals surface area contributed by atoms with Crippen LogP contribution in [0.5, 0.6) is 0 Å². The Balaban J connectivity index is 1.64. The highest BCUT2D eigenvalue weighted by molar-refractivity contribution is 6.39. The number of likely N-dealkylation sites (tertiary alicyclic amines) is 1. The standard InChI is InChI=1S/C30H38N4O4/c1-3-27(35)32-18-8-7-15-25(28(31)30(37)38-21-23-12-5-4-6-13-23)29(36)34-19-10-14-24(17-20-34)26-16-9-11-22(2)33-26/h3-6,9,11-13,16,24-25,31H,1,7-8,10,14-15,17-21H2,2H3,(H,32,35). The van der Waals surface area contributed by atoms with Gasteiger partial charge in [-0.05, 0) is 62.8 Å². The monoisotopic (exact) mass is 518 g/mol. The van der Waals surface area contributed by atoms with Crippen LogP contribution in [-0.4, -0.2) is 53.0 Å². The van der Waals surface area contributed by atoms with Crippen LogP contribution in [0, 0.1) is 18.3 Å². The molecule has 2 N–H and O–H groups in total. The van der Waals surface area contributed by atoms with Gasteiger partial charge in [-0.15, -0.1) is 0 Å². The zero-order valence-corrected chi connectivity index (χ0v) is 22.2. The van der Waals surface area contributed by atoms with Crippen molar-refractivity contribution in [2.45, 2.75) is 58.0 Å². The molecule has 3 rings (SSSR count). The number of hydrogen-bond acceptors (Lipinski definition) is 6. The number of esters is 1. The van der Waals surface area contributed by atoms with Crippen LogP contribution in [0.1, 0.15) is 61.4 Å². The summed E-state index contributed by atoms with van der Waals surface area (Å²) in [5.41, 5.74) is 2.53. The van der Waals surface area contributed by atoms with E-state index in [9.17, 15) is 14.4 Å². The molecule has 0 spiro atoms. The molecule has 1 aromatic carbocycles. The number of pyridine rings is 1. The number of nitrogens with one attached hydrogen (secondary N) is 2. The Kier molecular flexibility index (Phi) is 11.2. The first-order valence-electron chi connectivity index (χ1n) is 13.3. The first-order valence-corrected chi connectivity index (χ1v) is 13.3. The van der Waals surface area contributed by atoms with Gasteiger partial charge in [-0.2, -0.15) is 0 Å². The fourth-order valence-corrected chi connectivity index (χ4v) is 4.72. The van der Waals surface area contributed by atoms with Gasteiger partial charge >= 0.3 is 5.97 Å². The van der Waals surface area contributed by atoms with Crippen LogP contribution in [0.15, 0.2) is 61.2 Å². The molecule has 1 aliphatic heterocycles. The molecule has 2 aromatic rings. The van der Waals surface area contributed by atoms with Crippen LogP contribution >= 0.6 is 0 Å². The molecule has 8 heteroatoms. The number of nitrogens with zero attached hydrogens (tertiary/aromatic N) is 2. The summed E-state index contributed by atoms with van der Waals surface area (Å²) in [5, 5.41) is 11.3. The van der Waals surface area contributed by atoms with E-state index in [2.05, 4.69) is 16.9 Å². The Morgan fingerprint density at radius 2 is 1.92 bits per heavy atom. The SMILES string of the molecule is C=CC(=O)NCCCCC(C(=N)C(=O)OCc1ccccc1)C(=O)N1CCCC(c2cccc(C)n2)CC1. The number of carbonyl (C=O) groups excluding carboxylic acids is 3. The highest BCUT2D eigenvalue weighted by Gasteiger charge is 2.33. The van der Waals surface area contributed by atoms with E-state index in [0.29, 0.717) is 38.9 Å². The lowest BCUT2D eigenvalue weighted by Crippen LogP contribution is -2.42. The molecular formula is C30H38N4O4. The third-order valence-corrected chi connectivity index (χ3v) is 6.85. The molecular weight excluding hydrogens is 480 g/mol. The molecule has 1 fully saturated rings. The summed E-state index contributed by atoms with van der Waals surface area (Å²) in [4.78, 5) is 44.3. The predicted octanol–water partition coefficient (Wildman–Crippen LogP) is 4.34. The van der Waals surface area contributed by atoms with Crippen molar-refractivity contribution in [1.29, 1.82) is 5.41 Å². The molecule has 2 heterocycles. The third-order valence-electron chi connectivity index (χ3n) is 6.85. The summed E-state index contributed by atoms with van der Waals surface area (Å²) in [6.07, 6.45) is 5.30. The maximum atomic E-state index is 13.7. The van der Waals surface area contributed by atoms with Gasteiger partial charge in [0.25, 0.3) is 0 Å². The summed E-state index contributed by atoms with van der Waals surface area (Å²) in [5.74, 6) is -1.85. The topological polar surface area (TPSA) is 112 Å². The van der Waals surface area contributed by atoms with Crippen molar-refractivity contribution in [1.82, 2.24) is 15.2 Å². The lowest BCUT2D eigenvalue weighted by Gasteiger charge is -2.26. The summed E-state index contributed by atoms with van der Waals surface area (Å²) in [7, 11) is 0. The second kappa shape index (κ2) is 14.8. The lowest BCUT2D eigenvalue weighted by atomic mass is 9.94. The quantitative estimate of drug-likeness (QED) is 0.188. The Labute approximate surface area is 225 Å². The van der Waals surface area contributed by atoms with E-state index in [4.69, 9.17) is 10.1 Å². The molecule has 2 atom stereocenters. The lowest BCUT2D eigenvalue weighted by molar-refractivity contribution is -0.140. The van der Waals surface area contributed by atoms with Gasteiger partial charge in [0.2, 0.25) is 11.8 Å². The smallest absolute Gasteiger partial charge is 0.353 e. The largest absolute Gasteiger partial charge is 0.456 e. The van der Waals surface area contributed by atoms with Crippen molar-refractivity contribution in [3.8, 4) is 0 Å². The summed E-state index contributed by atoms with van der Waals surface area (Å²) < 4.78 is 5.38. The summed E-state index contributed by atoms with van der Waals surface area (Å²) >= 11 is 0. The molecule has 38 heavy (non-hydrogen) atoms. The number of carbonyl (C=O) groups is 3. The number of rotatable bonds is 12. The molecule has 0 bridgehead atoms. The fraction of sp³-hybridized carbons (Fsp3) is 0.433. The third kappa shape index (κ3) is 8.64. The molecule has 8 nitrogen and oxygen atoms in total. The van der Waals surface area contributed by atoms with E-state index in [0.717, 1.165) is 36.2 Å². The number of hydrogen-bond donors (Lipinski definition) is 2. The highest BCUT2D eigenvalue weighted by atomic mass is 16.5. The molecule has 1 saturated heterocycles. The van der Waals surface area contributed by atoms with Crippen molar-refractivity contribution in [3.63, 3.8) is 0 Å². The van der Waals surface area contributed by atoms with Crippen LogP contribution < -0.4 is 5.32 Å². The van der Waals surface area contributed by atoms with E-state index in [1.165, 1.54) is 6.08 Å². The molecule has 0 aliphatic carbocycles. The van der Waals surface area contributed by atoms with Crippen molar-refractivity contribution in [2.75, 3.05) is 19.6 Å². The Hall–Kier alpha value is -3.81. The van der Waals surface area contributed by atoms with Gasteiger partial charge < -0.3 is 15.0 Å². The minimum Gasteiger partial charge on any atom is -0.456 e. The van der Waals surface area contributed by atoms with E-state index in [-0.39, 0.29) is 30.1 Å². The number of amides is 2. The molecule has 2 amide bonds. The van der Waals surface area contributed by atoms with Gasteiger partial charge in [-0.3, -0.25) is 20.0 Å². The molecule has 202 valence electrons. The second-order valence-electron chi connectivity index (χ2n) is 9.68. The first kappa shape index (κ1) is 28.8. The van der Waals surface area contributed by atoms with Crippen LogP contribution in [0.4, 0.5) is 0 Å². The Bertz CT molecular complexity index is 1120. The summed E-state index contributed by atoms with van der Waals surface area (Å²) in [6.45, 7) is 7.03. The second-order valence-corrected chi connectivity index (χ2v) is 9.68. The van der Waals surface area contributed by atoms with Crippen LogP contribution in [0.25, 0.3) is 0 Å². The Morgan fingerprint density at radius 1 is 1.13 bits per heavy atom. The van der Waals surface area contributed by atoms with Gasteiger partial charge in [-0.25, -0.2) is 4.79 Å². The zero-order chi connectivity index (χ0) is 27.3. The van der Waals surface area contributed by atoms with Crippen molar-refractivity contribution < 1.29 is 19.1 Å². The fourth-order valence-electron chi connectivity index (χ4n) is 4.72. The molecule has 2 unspecified atom stereocenters. The van der Waals surface area contributed by atoms with Crippen LogP contribution in [-0.2, 0) is 25.7 Å². The number of ether oxygens (including phenoxy) is 1. The van der Waals surface area contributed by atoms with Crippen molar-refractivity contribution in [2.24, 2.45) is 5.92 Å². The van der Waals surface area contributed by atoms with Crippen molar-refractivity contribution >= 4 is 23.5 Å². The summed E-state index contributed by atoms with van der Waals surface area (Å²) in [6, 6.07) is 15.3. The van der Waals surface area contributed by atoms with Crippen molar-refractivity contribution in [3.05, 3.63) is 78.1 Å². The van der Waals surface area contributed by atoms with Crippen LogP contribution in [0.2, 0.25) is 0 Å². The van der Waals surface area contributed by atoms with Gasteiger partial charge in [0.15, 0.2) is 0 Å². The average Bonchev–Trinajstić information content (AvgIpc) is 3.20. The Morgan fingerprint density at radius 3 is 2.66 bits per heavy atom. The number of aromatic nitrogens is 1. The maximum absolute atomic E-state index is 13.7. The van der Waals surface area contributed by atoms with Gasteiger partial charge in [0.1, 0.15) is 12.3 Å². The molecule has 0 radical (unpaired) electrons. The number of benzene rings is 1.